The Hall–Kier alpha value is -8.80. The number of aromatic nitrogens is 4. The number of benzene rings is 9. The topological polar surface area (TPSA) is 35.9 Å². The number of pyridine rings is 1. The smallest absolute Gasteiger partial charge is 0.269 e. The molecule has 85 heavy (non-hydrogen) atoms. The average molecular weight is 1120 g/mol. The van der Waals surface area contributed by atoms with Crippen LogP contribution in [0.3, 0.4) is 0 Å². The number of nitrogens with zero attached hydrogens (tertiary/aromatic N) is 4. The standard InChI is InChI=1S/C80H80N4O/c1-76(2,3)58-28-21-26-54(40-58)68-44-57(52-24-17-16-18-25-52)45-69(55-27-22-29-59(41-55)77(4,5)6)75(68)83-51-82(73-46-53(34-37-71(73)83)56-42-61(79(10,11)12)47-62(43-56)80(13,14)15)63-30-23-31-64(49-63)85-65-35-36-67-66-32-19-20-33-70(66)84(72(67)50-65)74-48-60(38-39-81-74)78(7,8)9/h16-50H,1-15H3/i16D,17D,18D,24D,25D. The summed E-state index contributed by atoms with van der Waals surface area (Å²) in [7, 11) is 0. The summed E-state index contributed by atoms with van der Waals surface area (Å²) in [6, 6.07) is 60.4. The number of hydrogen-bond donors (Lipinski definition) is 0. The van der Waals surface area contributed by atoms with Gasteiger partial charge in [0.05, 0.1) is 40.3 Å². The van der Waals surface area contributed by atoms with Crippen molar-refractivity contribution in [3.8, 4) is 73.2 Å². The van der Waals surface area contributed by atoms with Crippen LogP contribution in [0.4, 0.5) is 0 Å². The van der Waals surface area contributed by atoms with E-state index >= 15 is 0 Å². The molecule has 5 nitrogen and oxygen atoms in total. The molecule has 0 aliphatic rings. The zero-order chi connectivity index (χ0) is 64.3. The monoisotopic (exact) mass is 1120 g/mol. The predicted octanol–water partition coefficient (Wildman–Crippen LogP) is 21.1. The third-order valence-electron chi connectivity index (χ3n) is 16.7. The number of rotatable bonds is 9. The molecule has 0 aliphatic carbocycles. The van der Waals surface area contributed by atoms with Crippen LogP contribution in [0.25, 0.3) is 94.5 Å². The van der Waals surface area contributed by atoms with Gasteiger partial charge in [-0.1, -0.05) is 237 Å². The summed E-state index contributed by atoms with van der Waals surface area (Å²) in [5, 5.41) is 2.23. The number of imidazole rings is 1. The quantitative estimate of drug-likeness (QED) is 0.107. The highest BCUT2D eigenvalue weighted by Crippen LogP contribution is 2.43. The summed E-state index contributed by atoms with van der Waals surface area (Å²) in [5.41, 5.74) is 16.8. The van der Waals surface area contributed by atoms with E-state index in [1.165, 1.54) is 16.7 Å². The molecule has 0 spiro atoms. The van der Waals surface area contributed by atoms with Crippen molar-refractivity contribution in [3.63, 3.8) is 0 Å². The van der Waals surface area contributed by atoms with Crippen LogP contribution in [0.2, 0.25) is 0 Å². The first-order chi connectivity index (χ1) is 42.3. The molecule has 0 fully saturated rings. The van der Waals surface area contributed by atoms with Gasteiger partial charge < -0.3 is 4.74 Å². The van der Waals surface area contributed by atoms with Crippen LogP contribution in [0.1, 0.15) is 139 Å². The highest BCUT2D eigenvalue weighted by atomic mass is 16.5. The van der Waals surface area contributed by atoms with Gasteiger partial charge in [-0.15, -0.1) is 0 Å². The number of fused-ring (bicyclic) bond motifs is 4. The van der Waals surface area contributed by atoms with E-state index in [4.69, 9.17) is 13.8 Å². The minimum atomic E-state index is -0.437. The Kier molecular flexibility index (Phi) is 12.6. The molecule has 0 amide bonds. The van der Waals surface area contributed by atoms with Crippen LogP contribution >= 0.6 is 0 Å². The largest absolute Gasteiger partial charge is 0.458 e. The van der Waals surface area contributed by atoms with Gasteiger partial charge in [0, 0.05) is 23.0 Å². The van der Waals surface area contributed by atoms with E-state index in [0.29, 0.717) is 17.1 Å². The molecule has 12 aromatic rings. The molecule has 12 rings (SSSR count). The van der Waals surface area contributed by atoms with Gasteiger partial charge in [0.2, 0.25) is 0 Å². The molecule has 0 saturated carbocycles. The van der Waals surface area contributed by atoms with Gasteiger partial charge in [-0.3, -0.25) is 13.7 Å². The summed E-state index contributed by atoms with van der Waals surface area (Å²) in [6.45, 7) is 33.5. The summed E-state index contributed by atoms with van der Waals surface area (Å²) in [6.07, 6.45) is 5.87. The van der Waals surface area contributed by atoms with Gasteiger partial charge in [-0.05, 0) is 166 Å². The van der Waals surface area contributed by atoms with Crippen LogP contribution in [0.15, 0.2) is 212 Å². The molecule has 0 saturated heterocycles. The lowest BCUT2D eigenvalue weighted by atomic mass is 9.79. The van der Waals surface area contributed by atoms with E-state index in [0.717, 1.165) is 94.5 Å². The van der Waals surface area contributed by atoms with Gasteiger partial charge in [-0.2, -0.15) is 0 Å². The third-order valence-corrected chi connectivity index (χ3v) is 16.7. The van der Waals surface area contributed by atoms with Crippen LogP contribution in [0.5, 0.6) is 11.5 Å². The Balaban J connectivity index is 1.13. The van der Waals surface area contributed by atoms with Gasteiger partial charge in [0.1, 0.15) is 17.3 Å². The first kappa shape index (κ1) is 50.7. The molecule has 3 aromatic heterocycles. The summed E-state index contributed by atoms with van der Waals surface area (Å²) in [5.74, 6) is 2.15. The molecule has 0 radical (unpaired) electrons. The first-order valence-corrected chi connectivity index (χ1v) is 29.8. The van der Waals surface area contributed by atoms with Crippen LogP contribution in [0, 0.1) is 6.33 Å². The molecule has 426 valence electrons. The van der Waals surface area contributed by atoms with Crippen molar-refractivity contribution < 1.29 is 16.2 Å². The maximum absolute atomic E-state index is 9.38. The summed E-state index contributed by atoms with van der Waals surface area (Å²) >= 11 is 0. The molecular formula is C80H80N4O. The van der Waals surface area contributed by atoms with Crippen molar-refractivity contribution >= 4 is 32.8 Å². The van der Waals surface area contributed by atoms with Crippen molar-refractivity contribution in [2.45, 2.75) is 131 Å². The zero-order valence-electron chi connectivity index (χ0n) is 57.0. The third kappa shape index (κ3) is 11.1. The van der Waals surface area contributed by atoms with Gasteiger partial charge in [-0.25, -0.2) is 4.98 Å². The first-order valence-electron chi connectivity index (χ1n) is 32.3. The Morgan fingerprint density at radius 1 is 0.412 bits per heavy atom. The molecular weight excluding hydrogens is 1030 g/mol. The molecule has 0 aliphatic heterocycles. The fourth-order valence-electron chi connectivity index (χ4n) is 11.6. The highest BCUT2D eigenvalue weighted by Gasteiger charge is 2.27. The maximum Gasteiger partial charge on any atom is 0.269 e. The average Bonchev–Trinajstić information content (AvgIpc) is 1.79. The lowest BCUT2D eigenvalue weighted by molar-refractivity contribution is -0.571. The van der Waals surface area contributed by atoms with Crippen molar-refractivity contribution in [1.29, 1.82) is 0 Å². The predicted molar refractivity (Wildman–Crippen MR) is 358 cm³/mol. The van der Waals surface area contributed by atoms with Crippen LogP contribution in [-0.4, -0.2) is 14.1 Å². The van der Waals surface area contributed by atoms with E-state index in [1.54, 1.807) is 0 Å². The second-order valence-electron chi connectivity index (χ2n) is 28.1. The van der Waals surface area contributed by atoms with E-state index < -0.39 is 6.04 Å². The minimum Gasteiger partial charge on any atom is -0.458 e. The normalized spacial score (nSPS) is 13.5. The van der Waals surface area contributed by atoms with E-state index in [-0.39, 0.29) is 56.8 Å². The fraction of sp³-hybridized carbons (Fsp3) is 0.250. The molecule has 0 unspecified atom stereocenters. The Labute approximate surface area is 511 Å². The maximum atomic E-state index is 9.38. The van der Waals surface area contributed by atoms with Gasteiger partial charge >= 0.3 is 0 Å². The molecule has 0 bridgehead atoms. The zero-order valence-corrected chi connectivity index (χ0v) is 52.0. The van der Waals surface area contributed by atoms with Crippen molar-refractivity contribution in [2.24, 2.45) is 0 Å². The van der Waals surface area contributed by atoms with Crippen molar-refractivity contribution in [2.75, 3.05) is 0 Å². The second-order valence-corrected chi connectivity index (χ2v) is 28.1. The van der Waals surface area contributed by atoms with Crippen molar-refractivity contribution in [1.82, 2.24) is 14.1 Å². The number of ether oxygens (including phenoxy) is 1. The minimum absolute atomic E-state index is 0.0745. The number of hydrogen-bond acceptors (Lipinski definition) is 2. The van der Waals surface area contributed by atoms with Crippen molar-refractivity contribution in [3.05, 3.63) is 246 Å². The Morgan fingerprint density at radius 2 is 0.965 bits per heavy atom. The molecule has 0 N–H and O–H groups in total. The SMILES string of the molecule is [2H]c1c([2H])c([2H])c(-c2cc(-c3cccc(C(C)(C)C)c3)c(-[n+]3[c-]n(-c4cccc(Oc5ccc6c7ccccc7n(-c7cc(C(C)(C)C)ccn7)c6c5)c4)c4cc(-c5cc(C(C)(C)C)cc(C(C)(C)C)c5)ccc43)c(-c3cccc(C(C)(C)C)c3)c2)c([2H])c1[2H]. The van der Waals surface area contributed by atoms with Gasteiger partial charge in [0.15, 0.2) is 0 Å². The lowest BCUT2D eigenvalue weighted by Crippen LogP contribution is -2.31. The Bertz CT molecular complexity index is 4700. The number of para-hydroxylation sites is 1. The van der Waals surface area contributed by atoms with E-state index in [9.17, 15) is 2.74 Å². The van der Waals surface area contributed by atoms with Crippen LogP contribution < -0.4 is 9.30 Å². The summed E-state index contributed by atoms with van der Waals surface area (Å²) < 4.78 is 58.7. The van der Waals surface area contributed by atoms with E-state index in [2.05, 4.69) is 269 Å². The molecule has 5 heteroatoms. The van der Waals surface area contributed by atoms with Crippen LogP contribution in [-0.2, 0) is 27.1 Å². The fourth-order valence-corrected chi connectivity index (χ4v) is 11.6. The Morgan fingerprint density at radius 3 is 1.59 bits per heavy atom. The summed E-state index contributed by atoms with van der Waals surface area (Å²) in [4.78, 5) is 4.94. The second kappa shape index (κ2) is 21.1. The lowest BCUT2D eigenvalue weighted by Gasteiger charge is -2.26. The highest BCUT2D eigenvalue weighted by molar-refractivity contribution is 6.09. The van der Waals surface area contributed by atoms with Gasteiger partial charge in [0.25, 0.3) is 6.33 Å². The van der Waals surface area contributed by atoms with E-state index in [1.807, 2.05) is 36.5 Å². The molecule has 3 heterocycles. The molecule has 0 atom stereocenters. The molecule has 9 aromatic carbocycles.